The largest absolute Gasteiger partial charge is 0.382 e. The van der Waals surface area contributed by atoms with Crippen molar-refractivity contribution in [3.63, 3.8) is 0 Å². The summed E-state index contributed by atoms with van der Waals surface area (Å²) in [7, 11) is 0. The Balaban J connectivity index is 1.80. The molecule has 3 heterocycles. The van der Waals surface area contributed by atoms with Crippen LogP contribution in [0.5, 0.6) is 0 Å². The molecule has 0 radical (unpaired) electrons. The monoisotopic (exact) mass is 310 g/mol. The topological polar surface area (TPSA) is 73.1 Å². The van der Waals surface area contributed by atoms with Gasteiger partial charge in [0, 0.05) is 24.2 Å². The smallest absolute Gasteiger partial charge is 0.149 e. The van der Waals surface area contributed by atoms with E-state index in [1.54, 1.807) is 11.3 Å². The average molecular weight is 310 g/mol. The average Bonchev–Trinajstić information content (AvgIpc) is 3.09. The van der Waals surface area contributed by atoms with Gasteiger partial charge in [-0.2, -0.15) is 4.37 Å². The van der Waals surface area contributed by atoms with Gasteiger partial charge in [0.1, 0.15) is 15.8 Å². The highest BCUT2D eigenvalue weighted by atomic mass is 32.1. The summed E-state index contributed by atoms with van der Waals surface area (Å²) in [5.41, 5.74) is 7.84. The van der Waals surface area contributed by atoms with Crippen molar-refractivity contribution in [1.29, 1.82) is 0 Å². The third kappa shape index (κ3) is 2.65. The lowest BCUT2D eigenvalue weighted by molar-refractivity contribution is 0.0316. The van der Waals surface area contributed by atoms with E-state index in [4.69, 9.17) is 10.5 Å². The van der Waals surface area contributed by atoms with E-state index >= 15 is 0 Å². The minimum atomic E-state index is -0.0885. The van der Waals surface area contributed by atoms with Gasteiger partial charge in [-0.05, 0) is 38.2 Å². The quantitative estimate of drug-likeness (QED) is 0.907. The molecule has 2 aromatic heterocycles. The number of nitrogens with one attached hydrogen (secondary N) is 1. The molecule has 1 saturated heterocycles. The van der Waals surface area contributed by atoms with E-state index in [1.807, 2.05) is 12.3 Å². The summed E-state index contributed by atoms with van der Waals surface area (Å²) < 4.78 is 10.0. The first kappa shape index (κ1) is 13.8. The van der Waals surface area contributed by atoms with Crippen LogP contribution < -0.4 is 11.1 Å². The van der Waals surface area contributed by atoms with Gasteiger partial charge >= 0.3 is 0 Å². The van der Waals surface area contributed by atoms with Crippen LogP contribution in [0.3, 0.4) is 0 Å². The van der Waals surface area contributed by atoms with Crippen LogP contribution in [0.25, 0.3) is 10.6 Å². The van der Waals surface area contributed by atoms with Crippen LogP contribution in [-0.4, -0.2) is 28.1 Å². The summed E-state index contributed by atoms with van der Waals surface area (Å²) in [6, 6.07) is 0. The van der Waals surface area contributed by atoms with Crippen LogP contribution in [-0.2, 0) is 4.74 Å². The standard InChI is InChI=1S/C13H18N4OS2/c1-8-6-19-12(16-8)9-10(14)17-20-11(9)15-7-13(2)4-3-5-18-13/h6,15H,3-5,7H2,1-2H3,(H2,14,17). The van der Waals surface area contributed by atoms with Crippen LogP contribution in [0.4, 0.5) is 10.8 Å². The van der Waals surface area contributed by atoms with Gasteiger partial charge in [0.05, 0.1) is 11.2 Å². The van der Waals surface area contributed by atoms with Gasteiger partial charge in [0.25, 0.3) is 0 Å². The van der Waals surface area contributed by atoms with Gasteiger partial charge in [0.2, 0.25) is 0 Å². The Morgan fingerprint density at radius 2 is 2.40 bits per heavy atom. The number of nitrogens with zero attached hydrogens (tertiary/aromatic N) is 2. The molecular formula is C13H18N4OS2. The first-order valence-corrected chi connectivity index (χ1v) is 8.28. The first-order chi connectivity index (χ1) is 9.57. The van der Waals surface area contributed by atoms with Crippen LogP contribution in [0, 0.1) is 6.92 Å². The fourth-order valence-corrected chi connectivity index (χ4v) is 3.97. The molecule has 1 atom stereocenters. The Hall–Kier alpha value is -1.18. The molecule has 3 rings (SSSR count). The number of anilines is 2. The molecule has 0 bridgehead atoms. The van der Waals surface area contributed by atoms with Crippen molar-refractivity contribution >= 4 is 33.7 Å². The normalized spacial score (nSPS) is 22.3. The molecule has 0 aromatic carbocycles. The molecule has 20 heavy (non-hydrogen) atoms. The number of nitrogens with two attached hydrogens (primary N) is 1. The van der Waals surface area contributed by atoms with E-state index < -0.39 is 0 Å². The fourth-order valence-electron chi connectivity index (χ4n) is 2.34. The lowest BCUT2D eigenvalue weighted by atomic mass is 10.0. The van der Waals surface area contributed by atoms with Crippen molar-refractivity contribution in [3.8, 4) is 10.6 Å². The fraction of sp³-hybridized carbons (Fsp3) is 0.538. The zero-order valence-corrected chi connectivity index (χ0v) is 13.2. The van der Waals surface area contributed by atoms with Gasteiger partial charge in [0.15, 0.2) is 0 Å². The van der Waals surface area contributed by atoms with Crippen molar-refractivity contribution in [3.05, 3.63) is 11.1 Å². The van der Waals surface area contributed by atoms with Crippen LogP contribution in [0.2, 0.25) is 0 Å². The van der Waals surface area contributed by atoms with Crippen molar-refractivity contribution in [1.82, 2.24) is 9.36 Å². The SMILES string of the molecule is Cc1csc(-c2c(N)nsc2NCC2(C)CCCO2)n1. The lowest BCUT2D eigenvalue weighted by Gasteiger charge is -2.23. The number of aryl methyl sites for hydroxylation is 1. The Bertz CT molecular complexity index is 601. The maximum atomic E-state index is 5.99. The number of aromatic nitrogens is 2. The molecule has 0 saturated carbocycles. The highest BCUT2D eigenvalue weighted by molar-refractivity contribution is 7.15. The molecule has 1 aliphatic rings. The van der Waals surface area contributed by atoms with Crippen molar-refractivity contribution in [2.45, 2.75) is 32.3 Å². The summed E-state index contributed by atoms with van der Waals surface area (Å²) in [6.45, 7) is 5.74. The molecule has 108 valence electrons. The zero-order chi connectivity index (χ0) is 14.2. The van der Waals surface area contributed by atoms with Crippen LogP contribution in [0.1, 0.15) is 25.5 Å². The molecule has 0 aliphatic carbocycles. The molecular weight excluding hydrogens is 292 g/mol. The molecule has 1 aliphatic heterocycles. The highest BCUT2D eigenvalue weighted by Crippen LogP contribution is 2.39. The van der Waals surface area contributed by atoms with Gasteiger partial charge in [-0.25, -0.2) is 4.98 Å². The van der Waals surface area contributed by atoms with Gasteiger partial charge in [-0.15, -0.1) is 11.3 Å². The van der Waals surface area contributed by atoms with E-state index in [0.717, 1.165) is 47.3 Å². The van der Waals surface area contributed by atoms with E-state index in [0.29, 0.717) is 5.82 Å². The van der Waals surface area contributed by atoms with E-state index in [9.17, 15) is 0 Å². The van der Waals surface area contributed by atoms with Crippen molar-refractivity contribution in [2.24, 2.45) is 0 Å². The summed E-state index contributed by atoms with van der Waals surface area (Å²) in [5, 5.41) is 7.37. The molecule has 3 N–H and O–H groups in total. The van der Waals surface area contributed by atoms with Crippen molar-refractivity contribution in [2.75, 3.05) is 24.2 Å². The minimum absolute atomic E-state index is 0.0885. The lowest BCUT2D eigenvalue weighted by Crippen LogP contribution is -2.32. The number of rotatable bonds is 4. The summed E-state index contributed by atoms with van der Waals surface area (Å²) in [4.78, 5) is 4.51. The van der Waals surface area contributed by atoms with Gasteiger partial charge < -0.3 is 15.8 Å². The maximum Gasteiger partial charge on any atom is 0.149 e. The second-order valence-corrected chi connectivity index (χ2v) is 6.95. The van der Waals surface area contributed by atoms with Crippen molar-refractivity contribution < 1.29 is 4.74 Å². The van der Waals surface area contributed by atoms with Gasteiger partial charge in [-0.1, -0.05) is 0 Å². The number of hydrogen-bond acceptors (Lipinski definition) is 7. The molecule has 2 aromatic rings. The summed E-state index contributed by atoms with van der Waals surface area (Å²) >= 11 is 2.98. The van der Waals surface area contributed by atoms with Crippen LogP contribution >= 0.6 is 22.9 Å². The number of thiazole rings is 1. The zero-order valence-electron chi connectivity index (χ0n) is 11.6. The Kier molecular flexibility index (Phi) is 3.66. The maximum absolute atomic E-state index is 5.99. The number of nitrogen functional groups attached to an aromatic ring is 1. The Morgan fingerprint density at radius 3 is 3.05 bits per heavy atom. The second kappa shape index (κ2) is 5.31. The molecule has 0 spiro atoms. The number of ether oxygens (including phenoxy) is 1. The van der Waals surface area contributed by atoms with Crippen LogP contribution in [0.15, 0.2) is 5.38 Å². The Labute approximate surface area is 126 Å². The predicted molar refractivity (Wildman–Crippen MR) is 84.5 cm³/mol. The van der Waals surface area contributed by atoms with E-state index in [-0.39, 0.29) is 5.60 Å². The molecule has 1 fully saturated rings. The predicted octanol–water partition coefficient (Wildman–Crippen LogP) is 3.14. The molecule has 5 nitrogen and oxygen atoms in total. The third-order valence-electron chi connectivity index (χ3n) is 3.47. The minimum Gasteiger partial charge on any atom is -0.382 e. The van der Waals surface area contributed by atoms with Gasteiger partial charge in [-0.3, -0.25) is 0 Å². The first-order valence-electron chi connectivity index (χ1n) is 6.63. The summed E-state index contributed by atoms with van der Waals surface area (Å²) in [5.74, 6) is 0.546. The molecule has 7 heteroatoms. The third-order valence-corrected chi connectivity index (χ3v) is 5.27. The summed E-state index contributed by atoms with van der Waals surface area (Å²) in [6.07, 6.45) is 2.21. The second-order valence-electron chi connectivity index (χ2n) is 5.32. The molecule has 1 unspecified atom stereocenters. The van der Waals surface area contributed by atoms with E-state index in [2.05, 4.69) is 21.6 Å². The number of hydrogen-bond donors (Lipinski definition) is 2. The molecule has 0 amide bonds. The van der Waals surface area contributed by atoms with E-state index in [1.165, 1.54) is 11.5 Å². The highest BCUT2D eigenvalue weighted by Gasteiger charge is 2.30. The Morgan fingerprint density at radius 1 is 1.55 bits per heavy atom.